The van der Waals surface area contributed by atoms with Crippen molar-refractivity contribution in [1.82, 2.24) is 14.7 Å². The Labute approximate surface area is 195 Å². The zero-order valence-corrected chi connectivity index (χ0v) is 19.8. The van der Waals surface area contributed by atoms with Crippen LogP contribution < -0.4 is 4.90 Å². The lowest BCUT2D eigenvalue weighted by atomic mass is 9.78. The highest BCUT2D eigenvalue weighted by Gasteiger charge is 2.44. The van der Waals surface area contributed by atoms with Crippen molar-refractivity contribution in [3.8, 4) is 0 Å². The maximum atomic E-state index is 15.0. The molecule has 0 radical (unpaired) electrons. The van der Waals surface area contributed by atoms with Crippen molar-refractivity contribution in [3.05, 3.63) is 83.4 Å². The van der Waals surface area contributed by atoms with Gasteiger partial charge in [0.05, 0.1) is 23.5 Å². The third kappa shape index (κ3) is 4.71. The Morgan fingerprint density at radius 2 is 1.70 bits per heavy atom. The van der Waals surface area contributed by atoms with Gasteiger partial charge in [-0.3, -0.25) is 14.4 Å². The number of aryl methyl sites for hydroxylation is 2. The average Bonchev–Trinajstić information content (AvgIpc) is 3.17. The number of amides is 1. The van der Waals surface area contributed by atoms with E-state index in [4.69, 9.17) is 0 Å². The van der Waals surface area contributed by atoms with Crippen LogP contribution in [0.1, 0.15) is 43.1 Å². The largest absolute Gasteiger partial charge is 0.301 e. The lowest BCUT2D eigenvalue weighted by Crippen LogP contribution is -2.56. The minimum Gasteiger partial charge on any atom is -0.301 e. The maximum absolute atomic E-state index is 15.0. The van der Waals surface area contributed by atoms with Gasteiger partial charge in [-0.15, -0.1) is 0 Å². The van der Waals surface area contributed by atoms with Gasteiger partial charge < -0.3 is 4.90 Å². The van der Waals surface area contributed by atoms with Gasteiger partial charge in [-0.1, -0.05) is 49.4 Å². The van der Waals surface area contributed by atoms with Crippen LogP contribution in [0.5, 0.6) is 0 Å². The molecule has 0 atom stereocenters. The number of para-hydroxylation sites is 1. The fourth-order valence-electron chi connectivity index (χ4n) is 5.07. The number of halogens is 1. The molecule has 1 aliphatic rings. The normalized spacial score (nSPS) is 16.0. The summed E-state index contributed by atoms with van der Waals surface area (Å²) in [5.74, 6) is -0.415. The number of hydrogen-bond donors (Lipinski definition) is 0. The summed E-state index contributed by atoms with van der Waals surface area (Å²) in [7, 11) is 0. The van der Waals surface area contributed by atoms with Gasteiger partial charge in [0.15, 0.2) is 0 Å². The van der Waals surface area contributed by atoms with Gasteiger partial charge >= 0.3 is 0 Å². The van der Waals surface area contributed by atoms with E-state index in [2.05, 4.69) is 39.8 Å². The van der Waals surface area contributed by atoms with Gasteiger partial charge in [0, 0.05) is 31.7 Å². The summed E-state index contributed by atoms with van der Waals surface area (Å²) in [4.78, 5) is 17.5. The van der Waals surface area contributed by atoms with E-state index in [1.54, 1.807) is 23.1 Å². The van der Waals surface area contributed by atoms with E-state index in [-0.39, 0.29) is 11.7 Å². The maximum Gasteiger partial charge on any atom is 0.227 e. The topological polar surface area (TPSA) is 41.4 Å². The second-order valence-corrected chi connectivity index (χ2v) is 8.92. The molecule has 0 bridgehead atoms. The van der Waals surface area contributed by atoms with E-state index < -0.39 is 5.54 Å². The van der Waals surface area contributed by atoms with Crippen LogP contribution in [-0.2, 0) is 16.9 Å². The van der Waals surface area contributed by atoms with Crippen molar-refractivity contribution >= 4 is 11.6 Å². The smallest absolute Gasteiger partial charge is 0.227 e. The molecule has 174 valence electrons. The van der Waals surface area contributed by atoms with E-state index in [1.165, 1.54) is 11.8 Å². The van der Waals surface area contributed by atoms with Crippen LogP contribution in [-0.4, -0.2) is 40.2 Å². The highest BCUT2D eigenvalue weighted by molar-refractivity contribution is 5.95. The molecule has 1 amide bonds. The Kier molecular flexibility index (Phi) is 6.94. The van der Waals surface area contributed by atoms with Crippen LogP contribution >= 0.6 is 0 Å². The molecule has 0 aliphatic carbocycles. The summed E-state index contributed by atoms with van der Waals surface area (Å²) in [6.45, 7) is 9.34. The molecule has 0 spiro atoms. The molecule has 0 unspecified atom stereocenters. The number of benzene rings is 2. The number of carbonyl (C=O) groups is 1. The quantitative estimate of drug-likeness (QED) is 0.507. The summed E-state index contributed by atoms with van der Waals surface area (Å²) >= 11 is 0. The Morgan fingerprint density at radius 1 is 1.03 bits per heavy atom. The minimum atomic E-state index is -0.578. The first-order valence-electron chi connectivity index (χ1n) is 11.8. The van der Waals surface area contributed by atoms with Crippen LogP contribution in [0.25, 0.3) is 0 Å². The van der Waals surface area contributed by atoms with Crippen molar-refractivity contribution in [2.75, 3.05) is 24.5 Å². The third-order valence-corrected chi connectivity index (χ3v) is 6.80. The van der Waals surface area contributed by atoms with Crippen molar-refractivity contribution in [2.45, 2.75) is 52.1 Å². The number of aromatic nitrogens is 2. The molecular formula is C27H33FN4O. The highest BCUT2D eigenvalue weighted by atomic mass is 19.1. The van der Waals surface area contributed by atoms with Gasteiger partial charge in [-0.05, 0) is 50.5 Å². The predicted molar refractivity (Wildman–Crippen MR) is 130 cm³/mol. The lowest BCUT2D eigenvalue weighted by molar-refractivity contribution is -0.120. The minimum absolute atomic E-state index is 0.0555. The summed E-state index contributed by atoms with van der Waals surface area (Å²) < 4.78 is 17.0. The SMILES string of the molecule is CCC(=O)N(c1ccccc1F)C1(c2ccccc2)CCN(CCn2nc(C)cc2C)CC1. The molecular weight excluding hydrogens is 415 g/mol. The number of piperidine rings is 1. The van der Waals surface area contributed by atoms with Crippen molar-refractivity contribution < 1.29 is 9.18 Å². The van der Waals surface area contributed by atoms with Crippen LogP contribution in [0.4, 0.5) is 10.1 Å². The molecule has 2 aromatic carbocycles. The van der Waals surface area contributed by atoms with Crippen LogP contribution in [0.15, 0.2) is 60.7 Å². The Bertz CT molecular complexity index is 1090. The van der Waals surface area contributed by atoms with E-state index in [9.17, 15) is 9.18 Å². The van der Waals surface area contributed by atoms with E-state index in [0.29, 0.717) is 12.1 Å². The van der Waals surface area contributed by atoms with Crippen molar-refractivity contribution in [2.24, 2.45) is 0 Å². The molecule has 0 saturated carbocycles. The standard InChI is InChI=1S/C27H33FN4O/c1-4-26(33)32(25-13-9-8-12-24(25)28)27(23-10-6-5-7-11-23)14-16-30(17-15-27)18-19-31-22(3)20-21(2)29-31/h5-13,20H,4,14-19H2,1-3H3. The molecule has 1 saturated heterocycles. The monoisotopic (exact) mass is 448 g/mol. The Balaban J connectivity index is 1.63. The molecule has 0 N–H and O–H groups in total. The number of carbonyl (C=O) groups excluding carboxylic acids is 1. The molecule has 4 rings (SSSR count). The fraction of sp³-hybridized carbons (Fsp3) is 0.407. The number of hydrogen-bond acceptors (Lipinski definition) is 3. The molecule has 3 aromatic rings. The van der Waals surface area contributed by atoms with Gasteiger partial charge in [0.1, 0.15) is 5.82 Å². The van der Waals surface area contributed by atoms with Crippen LogP contribution in [0, 0.1) is 19.7 Å². The molecule has 6 heteroatoms. The summed E-state index contributed by atoms with van der Waals surface area (Å²) in [6.07, 6.45) is 1.81. The van der Waals surface area contributed by atoms with Gasteiger partial charge in [-0.2, -0.15) is 5.10 Å². The van der Waals surface area contributed by atoms with Gasteiger partial charge in [-0.25, -0.2) is 4.39 Å². The van der Waals surface area contributed by atoms with Crippen molar-refractivity contribution in [1.29, 1.82) is 0 Å². The predicted octanol–water partition coefficient (Wildman–Crippen LogP) is 5.07. The first kappa shape index (κ1) is 23.2. The average molecular weight is 449 g/mol. The molecule has 33 heavy (non-hydrogen) atoms. The highest BCUT2D eigenvalue weighted by Crippen LogP contribution is 2.43. The summed E-state index contributed by atoms with van der Waals surface area (Å²) in [5.41, 5.74) is 3.05. The molecule has 1 aliphatic heterocycles. The number of anilines is 1. The summed E-state index contributed by atoms with van der Waals surface area (Å²) in [6, 6.07) is 18.9. The third-order valence-electron chi connectivity index (χ3n) is 6.80. The molecule has 1 fully saturated rings. The van der Waals surface area contributed by atoms with E-state index in [0.717, 1.165) is 50.3 Å². The molecule has 1 aromatic heterocycles. The van der Waals surface area contributed by atoms with Crippen LogP contribution in [0.2, 0.25) is 0 Å². The van der Waals surface area contributed by atoms with Crippen molar-refractivity contribution in [3.63, 3.8) is 0 Å². The van der Waals surface area contributed by atoms with Gasteiger partial charge in [0.2, 0.25) is 5.91 Å². The first-order valence-corrected chi connectivity index (χ1v) is 11.8. The zero-order chi connectivity index (χ0) is 23.4. The first-order chi connectivity index (χ1) is 15.9. The molecule has 5 nitrogen and oxygen atoms in total. The van der Waals surface area contributed by atoms with E-state index >= 15 is 0 Å². The molecule has 2 heterocycles. The van der Waals surface area contributed by atoms with Gasteiger partial charge in [0.25, 0.3) is 0 Å². The van der Waals surface area contributed by atoms with Crippen LogP contribution in [0.3, 0.4) is 0 Å². The fourth-order valence-corrected chi connectivity index (χ4v) is 5.07. The number of rotatable bonds is 7. The number of nitrogens with zero attached hydrogens (tertiary/aromatic N) is 4. The number of likely N-dealkylation sites (tertiary alicyclic amines) is 1. The summed E-state index contributed by atoms with van der Waals surface area (Å²) in [5, 5.41) is 4.58. The second kappa shape index (κ2) is 9.87. The Morgan fingerprint density at radius 3 is 2.30 bits per heavy atom. The second-order valence-electron chi connectivity index (χ2n) is 8.92. The van der Waals surface area contributed by atoms with E-state index in [1.807, 2.05) is 32.0 Å². The lowest BCUT2D eigenvalue weighted by Gasteiger charge is -2.49. The Hall–Kier alpha value is -2.99. The zero-order valence-electron chi connectivity index (χ0n) is 19.8.